The third kappa shape index (κ3) is 13.0. The molecule has 0 fully saturated rings. The Labute approximate surface area is 143 Å². The van der Waals surface area contributed by atoms with Crippen LogP contribution in [0.3, 0.4) is 0 Å². The molecule has 20 heavy (non-hydrogen) atoms. The van der Waals surface area contributed by atoms with Gasteiger partial charge in [0, 0.05) is 32.7 Å². The maximum absolute atomic E-state index is 4.24. The van der Waals surface area contributed by atoms with E-state index >= 15 is 0 Å². The molecule has 0 unspecified atom stereocenters. The van der Waals surface area contributed by atoms with Crippen LogP contribution in [0.1, 0.15) is 47.0 Å². The van der Waals surface area contributed by atoms with Crippen LogP contribution in [0.5, 0.6) is 0 Å². The van der Waals surface area contributed by atoms with Gasteiger partial charge in [0.1, 0.15) is 0 Å². The predicted molar refractivity (Wildman–Crippen MR) is 101 cm³/mol. The van der Waals surface area contributed by atoms with Crippen molar-refractivity contribution in [1.29, 1.82) is 0 Å². The van der Waals surface area contributed by atoms with E-state index in [1.54, 1.807) is 0 Å². The molecule has 0 spiro atoms. The van der Waals surface area contributed by atoms with Crippen LogP contribution in [0.25, 0.3) is 0 Å². The number of halogens is 1. The first-order valence-corrected chi connectivity index (χ1v) is 7.62. The number of unbranched alkanes of at least 4 members (excludes halogenated alkanes) is 1. The summed E-state index contributed by atoms with van der Waals surface area (Å²) in [6.07, 6.45) is 3.81. The monoisotopic (exact) mass is 398 g/mol. The summed E-state index contributed by atoms with van der Waals surface area (Å²) in [5.74, 6) is 1.73. The lowest BCUT2D eigenvalue weighted by Crippen LogP contribution is -2.42. The van der Waals surface area contributed by atoms with Crippen LogP contribution in [0.15, 0.2) is 4.99 Å². The number of hydrogen-bond acceptors (Lipinski definition) is 2. The van der Waals surface area contributed by atoms with Crippen LogP contribution in [-0.4, -0.2) is 50.6 Å². The van der Waals surface area contributed by atoms with Crippen LogP contribution in [0.4, 0.5) is 0 Å². The molecule has 0 aromatic heterocycles. The second kappa shape index (κ2) is 13.9. The van der Waals surface area contributed by atoms with Crippen LogP contribution < -0.4 is 10.6 Å². The van der Waals surface area contributed by atoms with Crippen LogP contribution in [-0.2, 0) is 0 Å². The molecule has 0 radical (unpaired) electrons. The van der Waals surface area contributed by atoms with E-state index in [2.05, 4.69) is 55.3 Å². The van der Waals surface area contributed by atoms with Gasteiger partial charge >= 0.3 is 0 Å². The molecule has 0 aliphatic heterocycles. The van der Waals surface area contributed by atoms with Crippen molar-refractivity contribution in [1.82, 2.24) is 15.5 Å². The van der Waals surface area contributed by atoms with E-state index in [1.165, 1.54) is 19.3 Å². The zero-order valence-corrected chi connectivity index (χ0v) is 16.5. The van der Waals surface area contributed by atoms with E-state index in [1.807, 2.05) is 7.05 Å². The Kier molecular flexibility index (Phi) is 15.5. The molecule has 0 aromatic rings. The second-order valence-corrected chi connectivity index (χ2v) is 5.89. The Morgan fingerprint density at radius 3 is 2.15 bits per heavy atom. The Balaban J connectivity index is 0. The highest BCUT2D eigenvalue weighted by Gasteiger charge is 2.03. The number of aliphatic imine (C=N–C) groups is 1. The lowest BCUT2D eigenvalue weighted by Gasteiger charge is -2.21. The minimum Gasteiger partial charge on any atom is -0.356 e. The normalized spacial score (nSPS) is 11.9. The molecule has 122 valence electrons. The van der Waals surface area contributed by atoms with Gasteiger partial charge in [0.2, 0.25) is 0 Å². The highest BCUT2D eigenvalue weighted by atomic mass is 127. The molecule has 0 atom stereocenters. The minimum absolute atomic E-state index is 0. The molecule has 0 bridgehead atoms. The van der Waals surface area contributed by atoms with Gasteiger partial charge in [0.05, 0.1) is 0 Å². The maximum atomic E-state index is 4.24. The fourth-order valence-electron chi connectivity index (χ4n) is 1.71. The summed E-state index contributed by atoms with van der Waals surface area (Å²) in [6.45, 7) is 11.9. The lowest BCUT2D eigenvalue weighted by atomic mass is 10.1. The molecule has 0 saturated carbocycles. The van der Waals surface area contributed by atoms with E-state index < -0.39 is 0 Å². The average Bonchev–Trinajstić information content (AvgIpc) is 2.35. The zero-order valence-electron chi connectivity index (χ0n) is 14.2. The second-order valence-electron chi connectivity index (χ2n) is 5.89. The highest BCUT2D eigenvalue weighted by molar-refractivity contribution is 14.0. The molecule has 0 heterocycles. The topological polar surface area (TPSA) is 39.7 Å². The molecule has 4 nitrogen and oxygen atoms in total. The van der Waals surface area contributed by atoms with Gasteiger partial charge in [-0.25, -0.2) is 0 Å². The van der Waals surface area contributed by atoms with E-state index in [0.717, 1.165) is 31.5 Å². The molecule has 2 N–H and O–H groups in total. The van der Waals surface area contributed by atoms with Gasteiger partial charge < -0.3 is 15.5 Å². The number of nitrogens with one attached hydrogen (secondary N) is 2. The lowest BCUT2D eigenvalue weighted by molar-refractivity contribution is 0.278. The number of guanidine groups is 1. The minimum atomic E-state index is 0. The quantitative estimate of drug-likeness (QED) is 0.272. The number of hydrogen-bond donors (Lipinski definition) is 2. The SMILES string of the molecule is CN=C(NCCCCC(C)C)NCCN(C)C(C)C.I. The summed E-state index contributed by atoms with van der Waals surface area (Å²) >= 11 is 0. The van der Waals surface area contributed by atoms with Crippen molar-refractivity contribution >= 4 is 29.9 Å². The fourth-order valence-corrected chi connectivity index (χ4v) is 1.71. The number of likely N-dealkylation sites (N-methyl/N-ethyl adjacent to an activating group) is 1. The van der Waals surface area contributed by atoms with Gasteiger partial charge in [-0.1, -0.05) is 26.7 Å². The first-order chi connectivity index (χ1) is 8.97. The van der Waals surface area contributed by atoms with Crippen molar-refractivity contribution in [3.8, 4) is 0 Å². The zero-order chi connectivity index (χ0) is 14.7. The van der Waals surface area contributed by atoms with E-state index in [4.69, 9.17) is 0 Å². The van der Waals surface area contributed by atoms with Crippen molar-refractivity contribution in [3.05, 3.63) is 0 Å². The molecule has 5 heteroatoms. The molecule has 0 rings (SSSR count). The van der Waals surface area contributed by atoms with Gasteiger partial charge in [-0.3, -0.25) is 4.99 Å². The van der Waals surface area contributed by atoms with Gasteiger partial charge in [-0.05, 0) is 33.2 Å². The summed E-state index contributed by atoms with van der Waals surface area (Å²) < 4.78 is 0. The average molecular weight is 398 g/mol. The van der Waals surface area contributed by atoms with E-state index in [0.29, 0.717) is 6.04 Å². The van der Waals surface area contributed by atoms with Gasteiger partial charge in [-0.2, -0.15) is 0 Å². The van der Waals surface area contributed by atoms with Crippen molar-refractivity contribution in [2.24, 2.45) is 10.9 Å². The largest absolute Gasteiger partial charge is 0.356 e. The third-order valence-corrected chi connectivity index (χ3v) is 3.36. The van der Waals surface area contributed by atoms with Gasteiger partial charge in [0.15, 0.2) is 5.96 Å². The van der Waals surface area contributed by atoms with Crippen LogP contribution in [0, 0.1) is 5.92 Å². The predicted octanol–water partition coefficient (Wildman–Crippen LogP) is 2.94. The van der Waals surface area contributed by atoms with Gasteiger partial charge in [0.25, 0.3) is 0 Å². The van der Waals surface area contributed by atoms with Crippen LogP contribution >= 0.6 is 24.0 Å². The first kappa shape index (κ1) is 22.2. The Morgan fingerprint density at radius 1 is 1.05 bits per heavy atom. The molecule has 0 saturated heterocycles. The van der Waals surface area contributed by atoms with E-state index in [-0.39, 0.29) is 24.0 Å². The van der Waals surface area contributed by atoms with Crippen LogP contribution in [0.2, 0.25) is 0 Å². The fraction of sp³-hybridized carbons (Fsp3) is 0.933. The Bertz CT molecular complexity index is 242. The molecule has 0 aliphatic rings. The molecule has 0 aliphatic carbocycles. The molecule has 0 aromatic carbocycles. The van der Waals surface area contributed by atoms with E-state index in [9.17, 15) is 0 Å². The summed E-state index contributed by atoms with van der Waals surface area (Å²) in [6, 6.07) is 0.591. The Hall–Kier alpha value is -0.0400. The van der Waals surface area contributed by atoms with Gasteiger partial charge in [-0.15, -0.1) is 24.0 Å². The highest BCUT2D eigenvalue weighted by Crippen LogP contribution is 2.04. The smallest absolute Gasteiger partial charge is 0.191 e. The van der Waals surface area contributed by atoms with Crippen molar-refractivity contribution in [2.45, 2.75) is 53.0 Å². The summed E-state index contributed by atoms with van der Waals surface area (Å²) in [5, 5.41) is 6.72. The summed E-state index contributed by atoms with van der Waals surface area (Å²) in [7, 11) is 3.98. The maximum Gasteiger partial charge on any atom is 0.191 e. The number of rotatable bonds is 9. The number of nitrogens with zero attached hydrogens (tertiary/aromatic N) is 2. The summed E-state index contributed by atoms with van der Waals surface area (Å²) in [5.41, 5.74) is 0. The van der Waals surface area contributed by atoms with Crippen molar-refractivity contribution < 1.29 is 0 Å². The van der Waals surface area contributed by atoms with Crippen molar-refractivity contribution in [3.63, 3.8) is 0 Å². The van der Waals surface area contributed by atoms with Crippen molar-refractivity contribution in [2.75, 3.05) is 33.7 Å². The third-order valence-electron chi connectivity index (χ3n) is 3.36. The standard InChI is InChI=1S/C15H34N4.HI/c1-13(2)9-7-8-10-17-15(16-5)18-11-12-19(6)14(3)4;/h13-14H,7-12H2,1-6H3,(H2,16,17,18);1H. The summed E-state index contributed by atoms with van der Waals surface area (Å²) in [4.78, 5) is 6.56. The molecular formula is C15H35IN4. The molecule has 0 amide bonds. The first-order valence-electron chi connectivity index (χ1n) is 7.62. The Morgan fingerprint density at radius 2 is 1.65 bits per heavy atom. The molecular weight excluding hydrogens is 363 g/mol.